The second-order valence-corrected chi connectivity index (χ2v) is 7.48. The van der Waals surface area contributed by atoms with Crippen molar-refractivity contribution in [3.05, 3.63) is 70.5 Å². The van der Waals surface area contributed by atoms with E-state index in [1.165, 1.54) is 12.2 Å². The summed E-state index contributed by atoms with van der Waals surface area (Å²) in [6, 6.07) is 13.9. The molecule has 6 nitrogen and oxygen atoms in total. The van der Waals surface area contributed by atoms with Gasteiger partial charge >= 0.3 is 0 Å². The minimum Gasteiger partial charge on any atom is -0.282 e. The predicted molar refractivity (Wildman–Crippen MR) is 93.0 cm³/mol. The van der Waals surface area contributed by atoms with Gasteiger partial charge in [-0.3, -0.25) is 9.11 Å². The second-order valence-electron chi connectivity index (χ2n) is 4.88. The average molecular weight is 366 g/mol. The standard InChI is InChI=1S/C16H14O6S2/c17-23(18,19)11-9-13-1-5-15(6-2-13)16-7-3-14(4-8-16)10-12-24(20,21)22/h1-12H,(H,17,18,19)(H,20,21,22)/b11-9+,12-10+. The lowest BCUT2D eigenvalue weighted by Gasteiger charge is -2.03. The highest BCUT2D eigenvalue weighted by atomic mass is 32.2. The highest BCUT2D eigenvalue weighted by molar-refractivity contribution is 7.89. The molecule has 0 fully saturated rings. The molecule has 0 unspecified atom stereocenters. The molecular weight excluding hydrogens is 352 g/mol. The van der Waals surface area contributed by atoms with Crippen molar-refractivity contribution < 1.29 is 25.9 Å². The van der Waals surface area contributed by atoms with E-state index in [4.69, 9.17) is 9.11 Å². The van der Waals surface area contributed by atoms with E-state index < -0.39 is 20.2 Å². The van der Waals surface area contributed by atoms with Crippen LogP contribution >= 0.6 is 0 Å². The van der Waals surface area contributed by atoms with Crippen LogP contribution in [-0.4, -0.2) is 25.9 Å². The fraction of sp³-hybridized carbons (Fsp3) is 0. The van der Waals surface area contributed by atoms with Crippen LogP contribution in [0.2, 0.25) is 0 Å². The summed E-state index contributed by atoms with van der Waals surface area (Å²) in [5, 5.41) is 1.41. The Morgan fingerprint density at radius 3 is 1.12 bits per heavy atom. The molecule has 0 aromatic heterocycles. The number of hydrogen-bond acceptors (Lipinski definition) is 4. The lowest BCUT2D eigenvalue weighted by Crippen LogP contribution is -1.89. The Hall–Kier alpha value is -2.26. The van der Waals surface area contributed by atoms with E-state index in [1.807, 2.05) is 0 Å². The van der Waals surface area contributed by atoms with Crippen LogP contribution in [0.25, 0.3) is 23.3 Å². The van der Waals surface area contributed by atoms with Gasteiger partial charge in [-0.05, 0) is 34.4 Å². The molecule has 2 aromatic rings. The van der Waals surface area contributed by atoms with Gasteiger partial charge in [-0.1, -0.05) is 48.5 Å². The summed E-state index contributed by atoms with van der Waals surface area (Å²) in [4.78, 5) is 0. The highest BCUT2D eigenvalue weighted by Crippen LogP contribution is 2.21. The van der Waals surface area contributed by atoms with E-state index in [0.717, 1.165) is 11.1 Å². The Bertz CT molecular complexity index is 884. The molecule has 2 rings (SSSR count). The van der Waals surface area contributed by atoms with Crippen LogP contribution in [0, 0.1) is 0 Å². The van der Waals surface area contributed by atoms with Crippen LogP contribution in [0.4, 0.5) is 0 Å². The van der Waals surface area contributed by atoms with Gasteiger partial charge in [0.05, 0.1) is 10.8 Å². The molecule has 0 saturated heterocycles. The van der Waals surface area contributed by atoms with Crippen molar-refractivity contribution in [3.63, 3.8) is 0 Å². The lowest BCUT2D eigenvalue weighted by atomic mass is 10.0. The summed E-state index contributed by atoms with van der Waals surface area (Å²) in [7, 11) is -8.31. The maximum atomic E-state index is 10.7. The molecular formula is C16H14O6S2. The summed E-state index contributed by atoms with van der Waals surface area (Å²) in [5.41, 5.74) is 2.99. The Labute approximate surface area is 140 Å². The monoisotopic (exact) mass is 366 g/mol. The van der Waals surface area contributed by atoms with Gasteiger partial charge < -0.3 is 0 Å². The Kier molecular flexibility index (Phi) is 5.35. The molecule has 0 aliphatic heterocycles. The molecule has 0 aliphatic rings. The third kappa shape index (κ3) is 6.09. The van der Waals surface area contributed by atoms with Gasteiger partial charge in [0.2, 0.25) is 0 Å². The zero-order chi connectivity index (χ0) is 17.8. The van der Waals surface area contributed by atoms with E-state index >= 15 is 0 Å². The molecule has 2 aromatic carbocycles. The van der Waals surface area contributed by atoms with Gasteiger partial charge in [0.25, 0.3) is 20.2 Å². The summed E-state index contributed by atoms with van der Waals surface area (Å²) < 4.78 is 59.9. The fourth-order valence-electron chi connectivity index (χ4n) is 1.90. The van der Waals surface area contributed by atoms with Crippen LogP contribution in [0.15, 0.2) is 59.3 Å². The molecule has 2 N–H and O–H groups in total. The Morgan fingerprint density at radius 2 is 0.875 bits per heavy atom. The SMILES string of the molecule is O=S(=O)(O)/C=C/c1ccc(-c2ccc(/C=C/S(=O)(=O)O)cc2)cc1. The van der Waals surface area contributed by atoms with Gasteiger partial charge in [0, 0.05) is 0 Å². The summed E-state index contributed by atoms with van der Waals surface area (Å²) in [6.07, 6.45) is 2.56. The zero-order valence-corrected chi connectivity index (χ0v) is 13.9. The average Bonchev–Trinajstić information content (AvgIpc) is 2.51. The summed E-state index contributed by atoms with van der Waals surface area (Å²) in [5.74, 6) is 0. The first-order valence-corrected chi connectivity index (χ1v) is 9.65. The molecule has 0 amide bonds. The van der Waals surface area contributed by atoms with Gasteiger partial charge in [0.15, 0.2) is 0 Å². The van der Waals surface area contributed by atoms with Crippen molar-refractivity contribution in [1.82, 2.24) is 0 Å². The van der Waals surface area contributed by atoms with Crippen LogP contribution in [-0.2, 0) is 20.2 Å². The first-order chi connectivity index (χ1) is 11.1. The highest BCUT2D eigenvalue weighted by Gasteiger charge is 2.00. The van der Waals surface area contributed by atoms with Gasteiger partial charge in [-0.15, -0.1) is 0 Å². The van der Waals surface area contributed by atoms with Crippen molar-refractivity contribution >= 4 is 32.4 Å². The maximum absolute atomic E-state index is 10.7. The van der Waals surface area contributed by atoms with Crippen LogP contribution in [0.3, 0.4) is 0 Å². The molecule has 24 heavy (non-hydrogen) atoms. The van der Waals surface area contributed by atoms with E-state index in [0.29, 0.717) is 21.9 Å². The predicted octanol–water partition coefficient (Wildman–Crippen LogP) is 3.07. The van der Waals surface area contributed by atoms with E-state index in [2.05, 4.69) is 0 Å². The molecule has 0 saturated carbocycles. The lowest BCUT2D eigenvalue weighted by molar-refractivity contribution is 0.492. The molecule has 0 heterocycles. The zero-order valence-electron chi connectivity index (χ0n) is 12.3. The first-order valence-electron chi connectivity index (χ1n) is 6.64. The van der Waals surface area contributed by atoms with Crippen LogP contribution in [0.5, 0.6) is 0 Å². The minimum absolute atomic E-state index is 0.615. The molecule has 0 radical (unpaired) electrons. The Morgan fingerprint density at radius 1 is 0.583 bits per heavy atom. The van der Waals surface area contributed by atoms with Crippen molar-refractivity contribution in [2.45, 2.75) is 0 Å². The molecule has 0 atom stereocenters. The minimum atomic E-state index is -4.15. The van der Waals surface area contributed by atoms with Crippen molar-refractivity contribution in [2.24, 2.45) is 0 Å². The van der Waals surface area contributed by atoms with Gasteiger partial charge in [-0.25, -0.2) is 0 Å². The largest absolute Gasteiger partial charge is 0.287 e. The summed E-state index contributed by atoms with van der Waals surface area (Å²) in [6.45, 7) is 0. The van der Waals surface area contributed by atoms with E-state index in [1.54, 1.807) is 48.5 Å². The number of rotatable bonds is 5. The molecule has 0 spiro atoms. The third-order valence-corrected chi connectivity index (χ3v) is 3.98. The van der Waals surface area contributed by atoms with Crippen LogP contribution < -0.4 is 0 Å². The number of benzene rings is 2. The second kappa shape index (κ2) is 7.10. The van der Waals surface area contributed by atoms with Crippen molar-refractivity contribution in [3.8, 4) is 11.1 Å². The fourth-order valence-corrected chi connectivity index (χ4v) is 2.56. The van der Waals surface area contributed by atoms with E-state index in [-0.39, 0.29) is 0 Å². The molecule has 0 bridgehead atoms. The quantitative estimate of drug-likeness (QED) is 0.787. The molecule has 126 valence electrons. The summed E-state index contributed by atoms with van der Waals surface area (Å²) >= 11 is 0. The van der Waals surface area contributed by atoms with Gasteiger partial charge in [-0.2, -0.15) is 16.8 Å². The topological polar surface area (TPSA) is 109 Å². The van der Waals surface area contributed by atoms with Gasteiger partial charge in [0.1, 0.15) is 0 Å². The van der Waals surface area contributed by atoms with E-state index in [9.17, 15) is 16.8 Å². The third-order valence-electron chi connectivity index (χ3n) is 3.02. The maximum Gasteiger partial charge on any atom is 0.287 e. The Balaban J connectivity index is 2.18. The normalized spacial score (nSPS) is 12.9. The van der Waals surface area contributed by atoms with Crippen molar-refractivity contribution in [1.29, 1.82) is 0 Å². The first kappa shape index (κ1) is 18.1. The molecule has 0 aliphatic carbocycles. The molecule has 8 heteroatoms. The van der Waals surface area contributed by atoms with Crippen molar-refractivity contribution in [2.75, 3.05) is 0 Å². The van der Waals surface area contributed by atoms with Crippen LogP contribution in [0.1, 0.15) is 11.1 Å². The smallest absolute Gasteiger partial charge is 0.282 e. The number of hydrogen-bond donors (Lipinski definition) is 2.